The van der Waals surface area contributed by atoms with Gasteiger partial charge < -0.3 is 10.2 Å². The first-order chi connectivity index (χ1) is 8.74. The summed E-state index contributed by atoms with van der Waals surface area (Å²) >= 11 is 0. The molecule has 18 heavy (non-hydrogen) atoms. The third kappa shape index (κ3) is 6.18. The third-order valence-corrected chi connectivity index (χ3v) is 3.32. The third-order valence-electron chi connectivity index (χ3n) is 3.32. The second kappa shape index (κ2) is 9.12. The fourth-order valence-electron chi connectivity index (χ4n) is 2.17. The lowest BCUT2D eigenvalue weighted by Crippen LogP contribution is -2.12. The van der Waals surface area contributed by atoms with Crippen molar-refractivity contribution in [3.63, 3.8) is 0 Å². The van der Waals surface area contributed by atoms with Gasteiger partial charge in [-0.05, 0) is 12.0 Å². The van der Waals surface area contributed by atoms with Crippen molar-refractivity contribution in [1.82, 2.24) is 0 Å². The zero-order valence-electron chi connectivity index (χ0n) is 11.4. The molecule has 0 bridgehead atoms. The summed E-state index contributed by atoms with van der Waals surface area (Å²) in [7, 11) is 0. The molecule has 2 heteroatoms. The molecule has 2 atom stereocenters. The van der Waals surface area contributed by atoms with E-state index in [0.29, 0.717) is 6.42 Å². The number of benzene rings is 1. The first kappa shape index (κ1) is 15.2. The molecule has 0 saturated carbocycles. The Hall–Kier alpha value is -0.860. The van der Waals surface area contributed by atoms with Crippen LogP contribution in [0.15, 0.2) is 30.3 Å². The van der Waals surface area contributed by atoms with Crippen molar-refractivity contribution in [3.05, 3.63) is 35.9 Å². The van der Waals surface area contributed by atoms with Gasteiger partial charge in [0.05, 0.1) is 12.2 Å². The SMILES string of the molecule is CCCCCCCC(O)CC(O)c1ccccc1. The van der Waals surface area contributed by atoms with Gasteiger partial charge in [0.2, 0.25) is 0 Å². The number of hydrogen-bond donors (Lipinski definition) is 2. The number of aliphatic hydroxyl groups excluding tert-OH is 2. The van der Waals surface area contributed by atoms with E-state index >= 15 is 0 Å². The van der Waals surface area contributed by atoms with E-state index < -0.39 is 6.10 Å². The van der Waals surface area contributed by atoms with Crippen LogP contribution in [-0.2, 0) is 0 Å². The monoisotopic (exact) mass is 250 g/mol. The van der Waals surface area contributed by atoms with E-state index in [4.69, 9.17) is 0 Å². The van der Waals surface area contributed by atoms with Crippen molar-refractivity contribution >= 4 is 0 Å². The lowest BCUT2D eigenvalue weighted by atomic mass is 10.00. The molecule has 2 N–H and O–H groups in total. The van der Waals surface area contributed by atoms with Crippen LogP contribution >= 0.6 is 0 Å². The Kier molecular flexibility index (Phi) is 7.70. The van der Waals surface area contributed by atoms with E-state index in [1.165, 1.54) is 25.7 Å². The van der Waals surface area contributed by atoms with Crippen molar-refractivity contribution < 1.29 is 10.2 Å². The first-order valence-corrected chi connectivity index (χ1v) is 7.15. The lowest BCUT2D eigenvalue weighted by Gasteiger charge is -2.15. The summed E-state index contributed by atoms with van der Waals surface area (Å²) in [5, 5.41) is 19.8. The summed E-state index contributed by atoms with van der Waals surface area (Å²) in [4.78, 5) is 0. The van der Waals surface area contributed by atoms with Crippen LogP contribution in [-0.4, -0.2) is 16.3 Å². The molecule has 0 aliphatic rings. The minimum absolute atomic E-state index is 0.387. The number of aliphatic hydroxyl groups is 2. The highest BCUT2D eigenvalue weighted by Gasteiger charge is 2.13. The van der Waals surface area contributed by atoms with Crippen LogP contribution in [0.3, 0.4) is 0 Å². The highest BCUT2D eigenvalue weighted by molar-refractivity contribution is 5.17. The van der Waals surface area contributed by atoms with E-state index in [2.05, 4.69) is 6.92 Å². The van der Waals surface area contributed by atoms with Crippen LogP contribution in [0.4, 0.5) is 0 Å². The molecule has 1 aromatic rings. The second-order valence-electron chi connectivity index (χ2n) is 5.02. The molecule has 0 aliphatic carbocycles. The Bertz CT molecular complexity index is 297. The molecular formula is C16H26O2. The topological polar surface area (TPSA) is 40.5 Å². The second-order valence-corrected chi connectivity index (χ2v) is 5.02. The maximum Gasteiger partial charge on any atom is 0.0814 e. The van der Waals surface area contributed by atoms with Gasteiger partial charge in [0, 0.05) is 6.42 Å². The van der Waals surface area contributed by atoms with Gasteiger partial charge in [0.1, 0.15) is 0 Å². The van der Waals surface area contributed by atoms with Crippen LogP contribution in [0.25, 0.3) is 0 Å². The van der Waals surface area contributed by atoms with E-state index in [1.807, 2.05) is 30.3 Å². The molecule has 0 spiro atoms. The molecule has 2 unspecified atom stereocenters. The summed E-state index contributed by atoms with van der Waals surface area (Å²) in [6, 6.07) is 9.56. The Labute approximate surface area is 111 Å². The fraction of sp³-hybridized carbons (Fsp3) is 0.625. The summed E-state index contributed by atoms with van der Waals surface area (Å²) < 4.78 is 0. The Morgan fingerprint density at radius 3 is 2.28 bits per heavy atom. The van der Waals surface area contributed by atoms with Crippen LogP contribution < -0.4 is 0 Å². The number of unbranched alkanes of at least 4 members (excludes halogenated alkanes) is 4. The molecule has 0 radical (unpaired) electrons. The molecule has 0 aromatic heterocycles. The van der Waals surface area contributed by atoms with Gasteiger partial charge in [-0.25, -0.2) is 0 Å². The van der Waals surface area contributed by atoms with Crippen molar-refractivity contribution in [2.45, 2.75) is 64.1 Å². The predicted octanol–water partition coefficient (Wildman–Crippen LogP) is 3.83. The maximum absolute atomic E-state index is 9.97. The van der Waals surface area contributed by atoms with Gasteiger partial charge in [-0.1, -0.05) is 69.4 Å². The molecule has 0 fully saturated rings. The van der Waals surface area contributed by atoms with E-state index in [0.717, 1.165) is 18.4 Å². The Balaban J connectivity index is 2.17. The normalized spacial score (nSPS) is 14.4. The van der Waals surface area contributed by atoms with E-state index in [-0.39, 0.29) is 6.10 Å². The lowest BCUT2D eigenvalue weighted by molar-refractivity contribution is 0.0739. The van der Waals surface area contributed by atoms with Crippen molar-refractivity contribution in [2.75, 3.05) is 0 Å². The van der Waals surface area contributed by atoms with Gasteiger partial charge >= 0.3 is 0 Å². The number of rotatable bonds is 9. The quantitative estimate of drug-likeness (QED) is 0.654. The summed E-state index contributed by atoms with van der Waals surface area (Å²) in [6.07, 6.45) is 6.33. The summed E-state index contributed by atoms with van der Waals surface area (Å²) in [5.41, 5.74) is 0.891. The van der Waals surface area contributed by atoms with Crippen molar-refractivity contribution in [2.24, 2.45) is 0 Å². The van der Waals surface area contributed by atoms with Crippen LogP contribution in [0.1, 0.15) is 63.5 Å². The molecule has 2 nitrogen and oxygen atoms in total. The standard InChI is InChI=1S/C16H26O2/c1-2-3-4-5-9-12-15(17)13-16(18)14-10-7-6-8-11-14/h6-8,10-11,15-18H,2-5,9,12-13H2,1H3. The van der Waals surface area contributed by atoms with E-state index in [9.17, 15) is 10.2 Å². The van der Waals surface area contributed by atoms with Gasteiger partial charge in [-0.2, -0.15) is 0 Å². The average Bonchev–Trinajstić information content (AvgIpc) is 2.39. The molecule has 0 saturated heterocycles. The zero-order valence-corrected chi connectivity index (χ0v) is 11.4. The molecule has 1 rings (SSSR count). The highest BCUT2D eigenvalue weighted by Crippen LogP contribution is 2.20. The first-order valence-electron chi connectivity index (χ1n) is 7.15. The van der Waals surface area contributed by atoms with Gasteiger partial charge in [-0.15, -0.1) is 0 Å². The van der Waals surface area contributed by atoms with Crippen molar-refractivity contribution in [1.29, 1.82) is 0 Å². The summed E-state index contributed by atoms with van der Waals surface area (Å²) in [5.74, 6) is 0. The minimum atomic E-state index is -0.545. The fourth-order valence-corrected chi connectivity index (χ4v) is 2.17. The molecule has 0 heterocycles. The molecule has 102 valence electrons. The Morgan fingerprint density at radius 1 is 0.944 bits per heavy atom. The number of hydrogen-bond acceptors (Lipinski definition) is 2. The highest BCUT2D eigenvalue weighted by atomic mass is 16.3. The smallest absolute Gasteiger partial charge is 0.0814 e. The van der Waals surface area contributed by atoms with Gasteiger partial charge in [-0.3, -0.25) is 0 Å². The zero-order chi connectivity index (χ0) is 13.2. The predicted molar refractivity (Wildman–Crippen MR) is 75.4 cm³/mol. The average molecular weight is 250 g/mol. The van der Waals surface area contributed by atoms with E-state index in [1.54, 1.807) is 0 Å². The van der Waals surface area contributed by atoms with Crippen LogP contribution in [0, 0.1) is 0 Å². The molecule has 0 amide bonds. The maximum atomic E-state index is 9.97. The molecule has 0 aliphatic heterocycles. The molecular weight excluding hydrogens is 224 g/mol. The largest absolute Gasteiger partial charge is 0.393 e. The van der Waals surface area contributed by atoms with Crippen LogP contribution in [0.5, 0.6) is 0 Å². The Morgan fingerprint density at radius 2 is 1.61 bits per heavy atom. The van der Waals surface area contributed by atoms with Crippen molar-refractivity contribution in [3.8, 4) is 0 Å². The molecule has 1 aromatic carbocycles. The van der Waals surface area contributed by atoms with Crippen LogP contribution in [0.2, 0.25) is 0 Å². The van der Waals surface area contributed by atoms with Gasteiger partial charge in [0.15, 0.2) is 0 Å². The minimum Gasteiger partial charge on any atom is -0.393 e. The summed E-state index contributed by atoms with van der Waals surface area (Å²) in [6.45, 7) is 2.20. The van der Waals surface area contributed by atoms with Gasteiger partial charge in [0.25, 0.3) is 0 Å².